The largest absolute Gasteiger partial charge is 0.353 e. The Labute approximate surface area is 164 Å². The quantitative estimate of drug-likeness (QED) is 0.392. The molecule has 0 amide bonds. The topological polar surface area (TPSA) is 3.24 Å². The molecule has 3 heteroatoms. The van der Waals surface area contributed by atoms with Crippen LogP contribution >= 0.6 is 22.7 Å². The van der Waals surface area contributed by atoms with Gasteiger partial charge in [0.1, 0.15) is 0 Å². The molecule has 0 aliphatic carbocycles. The highest BCUT2D eigenvalue weighted by molar-refractivity contribution is 7.27. The molecule has 1 nitrogen and oxygen atoms in total. The van der Waals surface area contributed by atoms with Gasteiger partial charge in [-0.2, -0.15) is 0 Å². The summed E-state index contributed by atoms with van der Waals surface area (Å²) in [4.78, 5) is 4.36. The Balaban J connectivity index is 1.94. The van der Waals surface area contributed by atoms with Gasteiger partial charge in [-0.25, -0.2) is 0 Å². The number of benzene rings is 1. The van der Waals surface area contributed by atoms with Gasteiger partial charge in [-0.15, -0.1) is 22.7 Å². The summed E-state index contributed by atoms with van der Waals surface area (Å²) < 4.78 is 2.98. The van der Waals surface area contributed by atoms with Crippen LogP contribution in [0.4, 0.5) is 5.69 Å². The minimum absolute atomic E-state index is 0.00771. The molecule has 2 unspecified atom stereocenters. The van der Waals surface area contributed by atoms with Gasteiger partial charge in [0.2, 0.25) is 0 Å². The molecule has 4 heterocycles. The molecule has 1 aromatic carbocycles. The van der Waals surface area contributed by atoms with E-state index in [9.17, 15) is 0 Å². The standard InChI is InChI=1S/C23H27NS2/c1-13-9-8-10-15-18(13)24-14(2)17-19-16(11-12-25-19)26-20(17)23(24,7)22(5,6)21(15,3)4/h8-12,14H,1-7H3. The summed E-state index contributed by atoms with van der Waals surface area (Å²) in [5.74, 6) is 0. The van der Waals surface area contributed by atoms with Gasteiger partial charge in [-0.3, -0.25) is 0 Å². The van der Waals surface area contributed by atoms with Gasteiger partial charge in [0.15, 0.2) is 0 Å². The maximum Gasteiger partial charge on any atom is 0.0787 e. The van der Waals surface area contributed by atoms with Crippen molar-refractivity contribution in [1.82, 2.24) is 0 Å². The first-order valence-corrected chi connectivity index (χ1v) is 11.2. The van der Waals surface area contributed by atoms with Crippen molar-refractivity contribution in [3.63, 3.8) is 0 Å². The summed E-state index contributed by atoms with van der Waals surface area (Å²) in [6, 6.07) is 9.61. The van der Waals surface area contributed by atoms with E-state index in [1.807, 2.05) is 22.7 Å². The molecule has 26 heavy (non-hydrogen) atoms. The van der Waals surface area contributed by atoms with Crippen LogP contribution in [0.25, 0.3) is 9.40 Å². The summed E-state index contributed by atoms with van der Waals surface area (Å²) in [7, 11) is 0. The fourth-order valence-electron chi connectivity index (χ4n) is 5.64. The number of aryl methyl sites for hydroxylation is 1. The van der Waals surface area contributed by atoms with Gasteiger partial charge < -0.3 is 4.90 Å². The number of nitrogens with zero attached hydrogens (tertiary/aromatic N) is 1. The summed E-state index contributed by atoms with van der Waals surface area (Å²) in [6.07, 6.45) is 0. The molecule has 2 aromatic heterocycles. The van der Waals surface area contributed by atoms with Crippen LogP contribution in [0.1, 0.15) is 69.2 Å². The van der Waals surface area contributed by atoms with E-state index in [1.165, 1.54) is 26.2 Å². The average molecular weight is 382 g/mol. The molecule has 0 saturated carbocycles. The molecule has 2 atom stereocenters. The number of hydrogen-bond donors (Lipinski definition) is 0. The fourth-order valence-corrected chi connectivity index (χ4v) is 8.48. The van der Waals surface area contributed by atoms with Crippen LogP contribution in [0.3, 0.4) is 0 Å². The zero-order valence-electron chi connectivity index (χ0n) is 16.7. The third-order valence-corrected chi connectivity index (χ3v) is 10.4. The maximum atomic E-state index is 2.77. The number of para-hydroxylation sites is 1. The predicted octanol–water partition coefficient (Wildman–Crippen LogP) is 7.39. The highest BCUT2D eigenvalue weighted by Gasteiger charge is 2.64. The minimum atomic E-state index is 0.00771. The van der Waals surface area contributed by atoms with Crippen LogP contribution < -0.4 is 4.90 Å². The maximum absolute atomic E-state index is 2.77. The van der Waals surface area contributed by atoms with E-state index < -0.39 is 0 Å². The highest BCUT2D eigenvalue weighted by atomic mass is 32.1. The zero-order valence-corrected chi connectivity index (χ0v) is 18.4. The molecule has 0 N–H and O–H groups in total. The van der Waals surface area contributed by atoms with Crippen molar-refractivity contribution in [2.24, 2.45) is 5.41 Å². The van der Waals surface area contributed by atoms with Crippen molar-refractivity contribution in [3.8, 4) is 0 Å². The molecule has 0 fully saturated rings. The lowest BCUT2D eigenvalue weighted by Crippen LogP contribution is -2.61. The second kappa shape index (κ2) is 4.74. The molecule has 2 aliphatic rings. The predicted molar refractivity (Wildman–Crippen MR) is 116 cm³/mol. The molecule has 2 aliphatic heterocycles. The lowest BCUT2D eigenvalue weighted by Gasteiger charge is -2.62. The van der Waals surface area contributed by atoms with Crippen molar-refractivity contribution < 1.29 is 0 Å². The van der Waals surface area contributed by atoms with E-state index in [4.69, 9.17) is 0 Å². The summed E-state index contributed by atoms with van der Waals surface area (Å²) >= 11 is 3.95. The number of anilines is 1. The molecular formula is C23H27NS2. The van der Waals surface area contributed by atoms with Gasteiger partial charge in [-0.1, -0.05) is 45.9 Å². The Hall–Kier alpha value is -1.32. The van der Waals surface area contributed by atoms with Crippen LogP contribution in [0.2, 0.25) is 0 Å². The Kier molecular flexibility index (Phi) is 3.07. The van der Waals surface area contributed by atoms with Crippen molar-refractivity contribution in [3.05, 3.63) is 51.2 Å². The van der Waals surface area contributed by atoms with E-state index in [1.54, 1.807) is 10.4 Å². The molecule has 3 aromatic rings. The third-order valence-electron chi connectivity index (χ3n) is 7.99. The Morgan fingerprint density at radius 1 is 1.04 bits per heavy atom. The monoisotopic (exact) mass is 381 g/mol. The number of hydrogen-bond acceptors (Lipinski definition) is 3. The third kappa shape index (κ3) is 1.56. The van der Waals surface area contributed by atoms with Gasteiger partial charge in [0, 0.05) is 26.2 Å². The van der Waals surface area contributed by atoms with Gasteiger partial charge in [0.25, 0.3) is 0 Å². The zero-order chi connectivity index (χ0) is 18.6. The van der Waals surface area contributed by atoms with Crippen molar-refractivity contribution in [2.45, 2.75) is 65.5 Å². The molecule has 5 rings (SSSR count). The van der Waals surface area contributed by atoms with E-state index >= 15 is 0 Å². The van der Waals surface area contributed by atoms with E-state index in [-0.39, 0.29) is 16.4 Å². The van der Waals surface area contributed by atoms with Crippen molar-refractivity contribution in [1.29, 1.82) is 0 Å². The van der Waals surface area contributed by atoms with E-state index in [0.29, 0.717) is 6.04 Å². The van der Waals surface area contributed by atoms with Crippen molar-refractivity contribution >= 4 is 37.8 Å². The number of thiophene rings is 2. The second-order valence-corrected chi connectivity index (χ2v) is 11.3. The van der Waals surface area contributed by atoms with Crippen LogP contribution in [0.15, 0.2) is 29.6 Å². The van der Waals surface area contributed by atoms with Crippen molar-refractivity contribution in [2.75, 3.05) is 4.90 Å². The molecule has 0 saturated heterocycles. The van der Waals surface area contributed by atoms with Crippen LogP contribution in [-0.4, -0.2) is 0 Å². The number of fused-ring (bicyclic) bond motifs is 7. The van der Waals surface area contributed by atoms with Gasteiger partial charge in [-0.05, 0) is 48.8 Å². The van der Waals surface area contributed by atoms with Crippen LogP contribution in [0.5, 0.6) is 0 Å². The Bertz CT molecular complexity index is 1050. The molecule has 0 bridgehead atoms. The SMILES string of the molecule is Cc1cccc2c1N1C(C)c3c(sc4ccsc34)C1(C)C(C)(C)C2(C)C. The smallest absolute Gasteiger partial charge is 0.0787 e. The van der Waals surface area contributed by atoms with Gasteiger partial charge >= 0.3 is 0 Å². The first kappa shape index (κ1) is 16.8. The molecular weight excluding hydrogens is 354 g/mol. The second-order valence-electron chi connectivity index (χ2n) is 9.30. The van der Waals surface area contributed by atoms with E-state index in [2.05, 4.69) is 83.0 Å². The summed E-state index contributed by atoms with van der Waals surface area (Å²) in [6.45, 7) is 17.1. The van der Waals surface area contributed by atoms with Gasteiger partial charge in [0.05, 0.1) is 16.3 Å². The highest BCUT2D eigenvalue weighted by Crippen LogP contribution is 2.69. The molecule has 136 valence electrons. The minimum Gasteiger partial charge on any atom is -0.353 e. The lowest BCUT2D eigenvalue weighted by molar-refractivity contribution is 0.0672. The first-order chi connectivity index (χ1) is 12.1. The lowest BCUT2D eigenvalue weighted by atomic mass is 9.52. The Morgan fingerprint density at radius 3 is 2.50 bits per heavy atom. The normalized spacial score (nSPS) is 28.1. The Morgan fingerprint density at radius 2 is 1.77 bits per heavy atom. The van der Waals surface area contributed by atoms with Crippen LogP contribution in [-0.2, 0) is 11.0 Å². The average Bonchev–Trinajstić information content (AvgIpc) is 3.19. The number of rotatable bonds is 0. The summed E-state index contributed by atoms with van der Waals surface area (Å²) in [5.41, 5.74) is 6.17. The molecule has 0 spiro atoms. The molecule has 0 radical (unpaired) electrons. The fraction of sp³-hybridized carbons (Fsp3) is 0.478. The van der Waals surface area contributed by atoms with E-state index in [0.717, 1.165) is 0 Å². The van der Waals surface area contributed by atoms with Crippen LogP contribution in [0, 0.1) is 12.3 Å². The first-order valence-electron chi connectivity index (χ1n) is 9.54. The summed E-state index contributed by atoms with van der Waals surface area (Å²) in [5, 5.41) is 2.25.